The van der Waals surface area contributed by atoms with Crippen LogP contribution >= 0.6 is 0 Å². The first-order valence-corrected chi connectivity index (χ1v) is 10.4. The van der Waals surface area contributed by atoms with Gasteiger partial charge in [0.2, 0.25) is 5.91 Å². The normalized spacial score (nSPS) is 14.8. The van der Waals surface area contributed by atoms with Crippen molar-refractivity contribution in [1.29, 1.82) is 0 Å². The van der Waals surface area contributed by atoms with Gasteiger partial charge in [-0.15, -0.1) is 0 Å². The van der Waals surface area contributed by atoms with Gasteiger partial charge in [0.05, 0.1) is 0 Å². The summed E-state index contributed by atoms with van der Waals surface area (Å²) >= 11 is 0. The summed E-state index contributed by atoms with van der Waals surface area (Å²) in [6, 6.07) is 18.0. The van der Waals surface area contributed by atoms with Crippen molar-refractivity contribution in [3.63, 3.8) is 0 Å². The molecule has 1 fully saturated rings. The summed E-state index contributed by atoms with van der Waals surface area (Å²) < 4.78 is 14.4. The van der Waals surface area contributed by atoms with E-state index in [1.807, 2.05) is 47.4 Å². The van der Waals surface area contributed by atoms with E-state index in [1.165, 1.54) is 6.07 Å². The molecule has 0 atom stereocenters. The maximum absolute atomic E-state index is 14.4. The summed E-state index contributed by atoms with van der Waals surface area (Å²) in [5.41, 5.74) is 7.20. The monoisotopic (exact) mass is 404 g/mol. The third-order valence-electron chi connectivity index (χ3n) is 6.02. The average Bonchev–Trinajstić information content (AvgIpc) is 2.77. The van der Waals surface area contributed by atoms with Crippen LogP contribution in [0.5, 0.6) is 0 Å². The Labute approximate surface area is 175 Å². The topological polar surface area (TPSA) is 63.4 Å². The second kappa shape index (κ2) is 8.66. The van der Waals surface area contributed by atoms with E-state index in [2.05, 4.69) is 0 Å². The molecule has 0 unspecified atom stereocenters. The molecule has 4 rings (SSSR count). The summed E-state index contributed by atoms with van der Waals surface area (Å²) in [4.78, 5) is 26.2. The quantitative estimate of drug-likeness (QED) is 0.666. The van der Waals surface area contributed by atoms with Crippen molar-refractivity contribution in [1.82, 2.24) is 4.90 Å². The number of hydrogen-bond donors (Lipinski definition) is 1. The van der Waals surface area contributed by atoms with Gasteiger partial charge >= 0.3 is 0 Å². The number of carbonyl (C=O) groups is 2. The molecule has 2 N–H and O–H groups in total. The Morgan fingerprint density at radius 1 is 0.900 bits per heavy atom. The number of carbonyl (C=O) groups excluding carboxylic acids is 2. The number of piperidine rings is 1. The van der Waals surface area contributed by atoms with Gasteiger partial charge in [0.15, 0.2) is 0 Å². The second-order valence-corrected chi connectivity index (χ2v) is 7.93. The third kappa shape index (κ3) is 4.06. The minimum absolute atomic E-state index is 0.000338. The molecule has 3 aromatic rings. The first kappa shape index (κ1) is 20.1. The predicted molar refractivity (Wildman–Crippen MR) is 116 cm³/mol. The fraction of sp³-hybridized carbons (Fsp3) is 0.280. The van der Waals surface area contributed by atoms with Crippen molar-refractivity contribution in [2.24, 2.45) is 11.7 Å². The van der Waals surface area contributed by atoms with Crippen molar-refractivity contribution in [2.45, 2.75) is 25.7 Å². The van der Waals surface area contributed by atoms with Crippen LogP contribution in [0.25, 0.3) is 21.9 Å². The molecule has 2 amide bonds. The highest BCUT2D eigenvalue weighted by atomic mass is 19.1. The number of amides is 2. The van der Waals surface area contributed by atoms with Crippen LogP contribution in [0, 0.1) is 11.7 Å². The van der Waals surface area contributed by atoms with E-state index in [9.17, 15) is 14.0 Å². The number of nitrogens with two attached hydrogens (primary N) is 1. The largest absolute Gasteiger partial charge is 0.370 e. The van der Waals surface area contributed by atoms with Gasteiger partial charge in [0.1, 0.15) is 5.82 Å². The minimum atomic E-state index is -0.278. The van der Waals surface area contributed by atoms with Crippen molar-refractivity contribution < 1.29 is 14.0 Å². The zero-order chi connectivity index (χ0) is 21.1. The summed E-state index contributed by atoms with van der Waals surface area (Å²) in [6.07, 6.45) is 2.95. The minimum Gasteiger partial charge on any atom is -0.370 e. The highest BCUT2D eigenvalue weighted by Crippen LogP contribution is 2.33. The van der Waals surface area contributed by atoms with Crippen LogP contribution in [0.2, 0.25) is 0 Å². The van der Waals surface area contributed by atoms with Crippen LogP contribution in [0.1, 0.15) is 36.0 Å². The van der Waals surface area contributed by atoms with Gasteiger partial charge in [-0.05, 0) is 53.6 Å². The van der Waals surface area contributed by atoms with E-state index in [0.29, 0.717) is 36.6 Å². The van der Waals surface area contributed by atoms with Crippen molar-refractivity contribution in [3.8, 4) is 11.1 Å². The Kier molecular flexibility index (Phi) is 5.79. The number of nitrogens with zero attached hydrogens (tertiary/aromatic N) is 1. The molecule has 30 heavy (non-hydrogen) atoms. The number of primary amides is 1. The molecule has 0 radical (unpaired) electrons. The van der Waals surface area contributed by atoms with Gasteiger partial charge in [-0.25, -0.2) is 4.39 Å². The molecule has 154 valence electrons. The SMILES string of the molecule is NC(=O)CCC1CCN(C(=O)c2cccc3c(-c4ccccc4F)cccc23)CC1. The molecule has 1 heterocycles. The molecule has 0 saturated carbocycles. The summed E-state index contributed by atoms with van der Waals surface area (Å²) in [7, 11) is 0. The van der Waals surface area contributed by atoms with E-state index in [0.717, 1.165) is 35.6 Å². The number of fused-ring (bicyclic) bond motifs is 1. The first-order chi connectivity index (χ1) is 14.5. The Hall–Kier alpha value is -3.21. The fourth-order valence-electron chi connectivity index (χ4n) is 4.35. The van der Waals surface area contributed by atoms with E-state index in [1.54, 1.807) is 12.1 Å². The van der Waals surface area contributed by atoms with Gasteiger partial charge < -0.3 is 10.6 Å². The fourth-order valence-corrected chi connectivity index (χ4v) is 4.35. The van der Waals surface area contributed by atoms with E-state index in [4.69, 9.17) is 5.73 Å². The van der Waals surface area contributed by atoms with Gasteiger partial charge in [-0.1, -0.05) is 48.5 Å². The molecule has 0 aliphatic carbocycles. The van der Waals surface area contributed by atoms with Crippen molar-refractivity contribution >= 4 is 22.6 Å². The van der Waals surface area contributed by atoms with Crippen LogP contribution in [-0.4, -0.2) is 29.8 Å². The van der Waals surface area contributed by atoms with Gasteiger partial charge in [-0.2, -0.15) is 0 Å². The highest BCUT2D eigenvalue weighted by Gasteiger charge is 2.25. The zero-order valence-electron chi connectivity index (χ0n) is 16.8. The molecule has 3 aromatic carbocycles. The molecule has 1 saturated heterocycles. The maximum atomic E-state index is 14.4. The first-order valence-electron chi connectivity index (χ1n) is 10.4. The number of likely N-dealkylation sites (tertiary alicyclic amines) is 1. The predicted octanol–water partition coefficient (Wildman–Crippen LogP) is 4.76. The van der Waals surface area contributed by atoms with E-state index < -0.39 is 0 Å². The van der Waals surface area contributed by atoms with Crippen molar-refractivity contribution in [2.75, 3.05) is 13.1 Å². The lowest BCUT2D eigenvalue weighted by Crippen LogP contribution is -2.38. The molecule has 5 heteroatoms. The Bertz CT molecular complexity index is 1090. The molecule has 0 aromatic heterocycles. The summed E-state index contributed by atoms with van der Waals surface area (Å²) in [5.74, 6) is -0.115. The summed E-state index contributed by atoms with van der Waals surface area (Å²) in [5, 5.41) is 1.70. The van der Waals surface area contributed by atoms with Gasteiger partial charge in [0, 0.05) is 30.6 Å². The van der Waals surface area contributed by atoms with Crippen LogP contribution in [0.3, 0.4) is 0 Å². The van der Waals surface area contributed by atoms with Gasteiger partial charge in [0.25, 0.3) is 5.91 Å². The lowest BCUT2D eigenvalue weighted by atomic mass is 9.91. The summed E-state index contributed by atoms with van der Waals surface area (Å²) in [6.45, 7) is 1.34. The van der Waals surface area contributed by atoms with E-state index in [-0.39, 0.29) is 17.6 Å². The van der Waals surface area contributed by atoms with E-state index >= 15 is 0 Å². The Balaban J connectivity index is 1.60. The highest BCUT2D eigenvalue weighted by molar-refractivity contribution is 6.10. The standard InChI is InChI=1S/C25H25FN2O2/c26-23-10-2-1-5-21(23)19-7-3-8-20-18(19)6-4-9-22(20)25(30)28-15-13-17(14-16-28)11-12-24(27)29/h1-10,17H,11-16H2,(H2,27,29). The molecule has 1 aliphatic heterocycles. The van der Waals surface area contributed by atoms with Gasteiger partial charge in [-0.3, -0.25) is 9.59 Å². The maximum Gasteiger partial charge on any atom is 0.254 e. The molecule has 4 nitrogen and oxygen atoms in total. The Morgan fingerprint density at radius 3 is 2.30 bits per heavy atom. The van der Waals surface area contributed by atoms with Crippen LogP contribution < -0.4 is 5.73 Å². The zero-order valence-corrected chi connectivity index (χ0v) is 16.8. The number of hydrogen-bond acceptors (Lipinski definition) is 2. The number of halogens is 1. The lowest BCUT2D eigenvalue weighted by Gasteiger charge is -2.32. The van der Waals surface area contributed by atoms with Crippen LogP contribution in [0.4, 0.5) is 4.39 Å². The molecule has 0 bridgehead atoms. The molecular formula is C25H25FN2O2. The smallest absolute Gasteiger partial charge is 0.254 e. The molecule has 1 aliphatic rings. The average molecular weight is 404 g/mol. The molecule has 0 spiro atoms. The second-order valence-electron chi connectivity index (χ2n) is 7.93. The lowest BCUT2D eigenvalue weighted by molar-refractivity contribution is -0.118. The van der Waals surface area contributed by atoms with Crippen LogP contribution in [0.15, 0.2) is 60.7 Å². The van der Waals surface area contributed by atoms with Crippen LogP contribution in [-0.2, 0) is 4.79 Å². The van der Waals surface area contributed by atoms with Crippen molar-refractivity contribution in [3.05, 3.63) is 72.0 Å². The number of benzene rings is 3. The Morgan fingerprint density at radius 2 is 1.57 bits per heavy atom. The molecular weight excluding hydrogens is 379 g/mol. The number of rotatable bonds is 5. The third-order valence-corrected chi connectivity index (χ3v) is 6.02.